The largest absolute Gasteiger partial charge is 0.417 e. The first kappa shape index (κ1) is 24.5. The van der Waals surface area contributed by atoms with Crippen LogP contribution in [0.15, 0.2) is 42.6 Å². The van der Waals surface area contributed by atoms with Gasteiger partial charge in [0, 0.05) is 50.5 Å². The van der Waals surface area contributed by atoms with Crippen LogP contribution >= 0.6 is 11.6 Å². The lowest BCUT2D eigenvalue weighted by Gasteiger charge is -2.37. The van der Waals surface area contributed by atoms with E-state index in [4.69, 9.17) is 11.6 Å². The summed E-state index contributed by atoms with van der Waals surface area (Å²) in [4.78, 5) is 33.9. The maximum absolute atomic E-state index is 13.0. The fourth-order valence-electron chi connectivity index (χ4n) is 4.60. The Balaban J connectivity index is 1.33. The van der Waals surface area contributed by atoms with Gasteiger partial charge in [-0.15, -0.1) is 0 Å². The number of piperazine rings is 1. The highest BCUT2D eigenvalue weighted by atomic mass is 35.5. The summed E-state index contributed by atoms with van der Waals surface area (Å²) in [5.74, 6) is -1.42. The predicted octanol–water partition coefficient (Wildman–Crippen LogP) is 3.75. The average Bonchev–Trinajstić information content (AvgIpc) is 3.33. The average molecular weight is 495 g/mol. The number of anilines is 1. The van der Waals surface area contributed by atoms with Gasteiger partial charge in [-0.25, -0.2) is 0 Å². The lowest BCUT2D eigenvalue weighted by atomic mass is 9.89. The van der Waals surface area contributed by atoms with E-state index in [1.54, 1.807) is 6.92 Å². The van der Waals surface area contributed by atoms with Crippen LogP contribution in [0, 0.1) is 5.92 Å². The minimum absolute atomic E-state index is 0.0265. The second-order valence-corrected chi connectivity index (χ2v) is 9.16. The van der Waals surface area contributed by atoms with Crippen LogP contribution < -0.4 is 10.2 Å². The van der Waals surface area contributed by atoms with Crippen molar-refractivity contribution in [3.05, 3.63) is 58.9 Å². The van der Waals surface area contributed by atoms with Crippen molar-refractivity contribution in [2.75, 3.05) is 37.6 Å². The SMILES string of the molecule is CC(C(=O)C1CNC(C(=O)N2CCN(c3ccccc3)CC2)C1)c1ncc(C(F)(F)F)cc1Cl. The van der Waals surface area contributed by atoms with Gasteiger partial charge in [0.1, 0.15) is 5.78 Å². The second kappa shape index (κ2) is 9.92. The molecule has 2 saturated heterocycles. The van der Waals surface area contributed by atoms with Crippen molar-refractivity contribution >= 4 is 29.0 Å². The minimum Gasteiger partial charge on any atom is -0.368 e. The van der Waals surface area contributed by atoms with Crippen molar-refractivity contribution < 1.29 is 22.8 Å². The summed E-state index contributed by atoms with van der Waals surface area (Å²) in [6.07, 6.45) is -3.52. The zero-order valence-corrected chi connectivity index (χ0v) is 19.4. The Morgan fingerprint density at radius 1 is 1.15 bits per heavy atom. The summed E-state index contributed by atoms with van der Waals surface area (Å²) in [6, 6.07) is 10.4. The van der Waals surface area contributed by atoms with E-state index in [1.807, 2.05) is 35.2 Å². The molecule has 1 amide bonds. The quantitative estimate of drug-likeness (QED) is 0.686. The normalized spacial score (nSPS) is 22.0. The Labute approximate surface area is 201 Å². The third kappa shape index (κ3) is 5.20. The van der Waals surface area contributed by atoms with E-state index in [2.05, 4.69) is 15.2 Å². The summed E-state index contributed by atoms with van der Waals surface area (Å²) in [5, 5.41) is 2.96. The summed E-state index contributed by atoms with van der Waals surface area (Å²) >= 11 is 6.02. The third-order valence-corrected chi connectivity index (χ3v) is 6.88. The molecule has 3 atom stereocenters. The highest BCUT2D eigenvalue weighted by molar-refractivity contribution is 6.31. The molecule has 34 heavy (non-hydrogen) atoms. The molecule has 10 heteroatoms. The highest BCUT2D eigenvalue weighted by Crippen LogP contribution is 2.34. The molecule has 1 aromatic carbocycles. The van der Waals surface area contributed by atoms with E-state index >= 15 is 0 Å². The van der Waals surface area contributed by atoms with E-state index in [0.717, 1.165) is 24.8 Å². The number of halogens is 4. The summed E-state index contributed by atoms with van der Waals surface area (Å²) in [5.41, 5.74) is 0.289. The molecule has 2 aromatic rings. The number of carbonyl (C=O) groups excluding carboxylic acids is 2. The number of nitrogens with one attached hydrogen (secondary N) is 1. The lowest BCUT2D eigenvalue weighted by molar-refractivity contribution is -0.138. The van der Waals surface area contributed by atoms with Crippen LogP contribution in [0.1, 0.15) is 30.5 Å². The number of hydrogen-bond donors (Lipinski definition) is 1. The Hall–Kier alpha value is -2.65. The number of benzene rings is 1. The number of amides is 1. The van der Waals surface area contributed by atoms with E-state index in [-0.39, 0.29) is 22.4 Å². The molecular weight excluding hydrogens is 469 g/mol. The molecule has 2 aliphatic heterocycles. The van der Waals surface area contributed by atoms with Crippen LogP contribution in [0.2, 0.25) is 5.02 Å². The molecule has 2 aliphatic rings. The van der Waals surface area contributed by atoms with Crippen LogP contribution in [0.4, 0.5) is 18.9 Å². The monoisotopic (exact) mass is 494 g/mol. The Bertz CT molecular complexity index is 1040. The van der Waals surface area contributed by atoms with Gasteiger partial charge in [-0.2, -0.15) is 13.2 Å². The minimum atomic E-state index is -4.56. The van der Waals surface area contributed by atoms with Crippen molar-refractivity contribution in [3.8, 4) is 0 Å². The number of carbonyl (C=O) groups is 2. The van der Waals surface area contributed by atoms with Gasteiger partial charge in [-0.3, -0.25) is 14.6 Å². The van der Waals surface area contributed by atoms with E-state index in [0.29, 0.717) is 32.3 Å². The van der Waals surface area contributed by atoms with Crippen LogP contribution in [-0.2, 0) is 15.8 Å². The number of Topliss-reactive ketones (excluding diaryl/α,β-unsaturated/α-hetero) is 1. The van der Waals surface area contributed by atoms with Crippen molar-refractivity contribution in [2.24, 2.45) is 5.92 Å². The first-order valence-corrected chi connectivity index (χ1v) is 11.6. The van der Waals surface area contributed by atoms with Gasteiger partial charge in [-0.05, 0) is 31.5 Å². The first-order chi connectivity index (χ1) is 16.1. The zero-order valence-electron chi connectivity index (χ0n) is 18.7. The van der Waals surface area contributed by atoms with Crippen LogP contribution in [0.3, 0.4) is 0 Å². The van der Waals surface area contributed by atoms with E-state index in [9.17, 15) is 22.8 Å². The molecule has 0 saturated carbocycles. The second-order valence-electron chi connectivity index (χ2n) is 8.75. The summed E-state index contributed by atoms with van der Waals surface area (Å²) < 4.78 is 38.6. The molecule has 2 fully saturated rings. The maximum atomic E-state index is 13.0. The molecule has 0 spiro atoms. The Morgan fingerprint density at radius 3 is 2.44 bits per heavy atom. The zero-order chi connectivity index (χ0) is 24.5. The maximum Gasteiger partial charge on any atom is 0.417 e. The number of hydrogen-bond acceptors (Lipinski definition) is 5. The van der Waals surface area contributed by atoms with Gasteiger partial charge in [0.15, 0.2) is 0 Å². The van der Waals surface area contributed by atoms with Crippen molar-refractivity contribution in [1.82, 2.24) is 15.2 Å². The lowest BCUT2D eigenvalue weighted by Crippen LogP contribution is -2.53. The van der Waals surface area contributed by atoms with Gasteiger partial charge in [0.2, 0.25) is 5.91 Å². The van der Waals surface area contributed by atoms with Crippen LogP contribution in [-0.4, -0.2) is 60.3 Å². The molecular formula is C24H26ClF3N4O2. The van der Waals surface area contributed by atoms with Crippen molar-refractivity contribution in [3.63, 3.8) is 0 Å². The number of pyridine rings is 1. The highest BCUT2D eigenvalue weighted by Gasteiger charge is 2.39. The number of nitrogens with zero attached hydrogens (tertiary/aromatic N) is 3. The number of rotatable bonds is 5. The number of para-hydroxylation sites is 1. The third-order valence-electron chi connectivity index (χ3n) is 6.58. The topological polar surface area (TPSA) is 65.5 Å². The van der Waals surface area contributed by atoms with Gasteiger partial charge in [0.05, 0.1) is 28.2 Å². The molecule has 182 valence electrons. The fraction of sp³-hybridized carbons (Fsp3) is 0.458. The number of aromatic nitrogens is 1. The molecule has 0 bridgehead atoms. The molecule has 1 aromatic heterocycles. The van der Waals surface area contributed by atoms with Crippen LogP contribution in [0.5, 0.6) is 0 Å². The standard InChI is InChI=1S/C24H26ClF3N4O2/c1-15(21-19(25)12-17(14-30-21)24(26,27)28)22(33)16-11-20(29-13-16)23(34)32-9-7-31(8-10-32)18-5-3-2-4-6-18/h2-6,12,14-16,20,29H,7-11,13H2,1H3. The van der Waals surface area contributed by atoms with E-state index < -0.39 is 29.6 Å². The summed E-state index contributed by atoms with van der Waals surface area (Å²) in [7, 11) is 0. The molecule has 0 radical (unpaired) electrons. The molecule has 1 N–H and O–H groups in total. The number of ketones is 1. The smallest absolute Gasteiger partial charge is 0.368 e. The molecule has 6 nitrogen and oxygen atoms in total. The Morgan fingerprint density at radius 2 is 1.82 bits per heavy atom. The van der Waals surface area contributed by atoms with Gasteiger partial charge in [-0.1, -0.05) is 29.8 Å². The Kier molecular flexibility index (Phi) is 7.14. The predicted molar refractivity (Wildman–Crippen MR) is 123 cm³/mol. The van der Waals surface area contributed by atoms with Crippen molar-refractivity contribution in [2.45, 2.75) is 31.5 Å². The van der Waals surface area contributed by atoms with Gasteiger partial charge >= 0.3 is 6.18 Å². The molecule has 3 heterocycles. The molecule has 4 rings (SSSR count). The summed E-state index contributed by atoms with van der Waals surface area (Å²) in [6.45, 7) is 4.60. The molecule has 3 unspecified atom stereocenters. The molecule has 0 aliphatic carbocycles. The van der Waals surface area contributed by atoms with E-state index in [1.165, 1.54) is 0 Å². The first-order valence-electron chi connectivity index (χ1n) is 11.2. The van der Waals surface area contributed by atoms with Gasteiger partial charge in [0.25, 0.3) is 0 Å². The van der Waals surface area contributed by atoms with Gasteiger partial charge < -0.3 is 15.1 Å². The van der Waals surface area contributed by atoms with Crippen LogP contribution in [0.25, 0.3) is 0 Å². The number of alkyl halides is 3. The fourth-order valence-corrected chi connectivity index (χ4v) is 4.93. The van der Waals surface area contributed by atoms with Crippen molar-refractivity contribution in [1.29, 1.82) is 0 Å².